The van der Waals surface area contributed by atoms with Crippen molar-refractivity contribution in [2.45, 2.75) is 31.8 Å². The van der Waals surface area contributed by atoms with Crippen molar-refractivity contribution in [2.75, 3.05) is 6.54 Å². The molecule has 1 aliphatic heterocycles. The maximum absolute atomic E-state index is 13.1. The van der Waals surface area contributed by atoms with E-state index in [0.29, 0.717) is 17.6 Å². The monoisotopic (exact) mass is 340 g/mol. The van der Waals surface area contributed by atoms with Gasteiger partial charge in [-0.3, -0.25) is 14.0 Å². The third-order valence-electron chi connectivity index (χ3n) is 4.91. The molecule has 7 nitrogen and oxygen atoms in total. The standard InChI is InChI=1S/C18H20N4O3/c1-12(22-15-6-3-4-8-16(15)25-18(22)24)17(23)21-9-5-7-14(21)13-10-19-20(2)11-13/h3-4,6,8,10-12,14H,5,7,9H2,1-2H3/t12-,14-/m1/s1. The van der Waals surface area contributed by atoms with E-state index >= 15 is 0 Å². The Bertz CT molecular complexity index is 984. The van der Waals surface area contributed by atoms with E-state index in [4.69, 9.17) is 4.42 Å². The Hall–Kier alpha value is -2.83. The van der Waals surface area contributed by atoms with E-state index in [1.54, 1.807) is 36.0 Å². The largest absolute Gasteiger partial charge is 0.420 e. The number of hydrogen-bond donors (Lipinski definition) is 0. The van der Waals surface area contributed by atoms with Crippen molar-refractivity contribution in [2.24, 2.45) is 7.05 Å². The Morgan fingerprint density at radius 2 is 2.16 bits per heavy atom. The molecule has 1 saturated heterocycles. The van der Waals surface area contributed by atoms with Gasteiger partial charge < -0.3 is 9.32 Å². The number of amides is 1. The van der Waals surface area contributed by atoms with Crippen molar-refractivity contribution in [1.82, 2.24) is 19.2 Å². The number of carbonyl (C=O) groups is 1. The molecule has 0 spiro atoms. The van der Waals surface area contributed by atoms with Gasteiger partial charge in [-0.25, -0.2) is 4.79 Å². The number of carbonyl (C=O) groups excluding carboxylic acids is 1. The van der Waals surface area contributed by atoms with Crippen LogP contribution < -0.4 is 5.76 Å². The summed E-state index contributed by atoms with van der Waals surface area (Å²) in [6.45, 7) is 2.44. The zero-order valence-electron chi connectivity index (χ0n) is 14.3. The number of fused-ring (bicyclic) bond motifs is 1. The molecule has 7 heteroatoms. The molecule has 4 rings (SSSR count). The quantitative estimate of drug-likeness (QED) is 0.733. The van der Waals surface area contributed by atoms with E-state index in [-0.39, 0.29) is 11.9 Å². The zero-order valence-corrected chi connectivity index (χ0v) is 14.3. The molecule has 1 aromatic carbocycles. The normalized spacial score (nSPS) is 18.8. The average Bonchev–Trinajstić information content (AvgIpc) is 3.30. The van der Waals surface area contributed by atoms with Crippen molar-refractivity contribution < 1.29 is 9.21 Å². The van der Waals surface area contributed by atoms with Gasteiger partial charge in [0, 0.05) is 25.4 Å². The van der Waals surface area contributed by atoms with Crippen LogP contribution in [0.2, 0.25) is 0 Å². The number of likely N-dealkylation sites (tertiary alicyclic amines) is 1. The number of aryl methyl sites for hydroxylation is 1. The first-order valence-corrected chi connectivity index (χ1v) is 8.45. The zero-order chi connectivity index (χ0) is 17.6. The fourth-order valence-electron chi connectivity index (χ4n) is 3.69. The number of para-hydroxylation sites is 2. The molecule has 0 radical (unpaired) electrons. The number of oxazole rings is 1. The molecule has 3 heterocycles. The summed E-state index contributed by atoms with van der Waals surface area (Å²) in [6, 6.07) is 6.57. The predicted octanol–water partition coefficient (Wildman–Crippen LogP) is 2.25. The topological polar surface area (TPSA) is 73.3 Å². The molecule has 1 amide bonds. The molecule has 0 unspecified atom stereocenters. The van der Waals surface area contributed by atoms with Crippen LogP contribution in [0.5, 0.6) is 0 Å². The lowest BCUT2D eigenvalue weighted by atomic mass is 10.1. The van der Waals surface area contributed by atoms with Gasteiger partial charge in [0.15, 0.2) is 5.58 Å². The van der Waals surface area contributed by atoms with Crippen molar-refractivity contribution >= 4 is 17.0 Å². The van der Waals surface area contributed by atoms with Crippen LogP contribution in [0.4, 0.5) is 0 Å². The first-order chi connectivity index (χ1) is 12.1. The minimum atomic E-state index is -0.617. The molecule has 1 aliphatic rings. The van der Waals surface area contributed by atoms with Crippen LogP contribution in [-0.4, -0.2) is 31.7 Å². The number of hydrogen-bond acceptors (Lipinski definition) is 4. The van der Waals surface area contributed by atoms with E-state index in [0.717, 1.165) is 18.4 Å². The Morgan fingerprint density at radius 3 is 2.92 bits per heavy atom. The molecular weight excluding hydrogens is 320 g/mol. The van der Waals surface area contributed by atoms with Crippen LogP contribution in [0.1, 0.15) is 37.4 Å². The van der Waals surface area contributed by atoms with E-state index in [1.165, 1.54) is 4.57 Å². The van der Waals surface area contributed by atoms with Crippen molar-refractivity contribution in [1.29, 1.82) is 0 Å². The molecule has 0 aliphatic carbocycles. The maximum Gasteiger partial charge on any atom is 0.420 e. The minimum absolute atomic E-state index is 0.0116. The fourth-order valence-corrected chi connectivity index (χ4v) is 3.69. The smallest absolute Gasteiger partial charge is 0.408 e. The van der Waals surface area contributed by atoms with Crippen molar-refractivity contribution in [3.63, 3.8) is 0 Å². The van der Waals surface area contributed by atoms with Crippen LogP contribution in [-0.2, 0) is 11.8 Å². The highest BCUT2D eigenvalue weighted by molar-refractivity contribution is 5.83. The average molecular weight is 340 g/mol. The second-order valence-electron chi connectivity index (χ2n) is 6.52. The van der Waals surface area contributed by atoms with Gasteiger partial charge in [-0.15, -0.1) is 0 Å². The Labute approximate surface area is 144 Å². The van der Waals surface area contributed by atoms with Gasteiger partial charge in [0.1, 0.15) is 6.04 Å². The highest BCUT2D eigenvalue weighted by Gasteiger charge is 2.34. The van der Waals surface area contributed by atoms with Gasteiger partial charge in [-0.05, 0) is 31.9 Å². The predicted molar refractivity (Wildman–Crippen MR) is 92.1 cm³/mol. The number of nitrogens with zero attached hydrogens (tertiary/aromatic N) is 4. The molecule has 0 bridgehead atoms. The van der Waals surface area contributed by atoms with Gasteiger partial charge in [0.25, 0.3) is 0 Å². The number of aromatic nitrogens is 3. The SMILES string of the molecule is C[C@H](C(=O)N1CCC[C@@H]1c1cnn(C)c1)n1c(=O)oc2ccccc21. The third kappa shape index (κ3) is 2.56. The van der Waals surface area contributed by atoms with Crippen LogP contribution >= 0.6 is 0 Å². The highest BCUT2D eigenvalue weighted by Crippen LogP contribution is 2.33. The molecule has 1 fully saturated rings. The second-order valence-corrected chi connectivity index (χ2v) is 6.52. The van der Waals surface area contributed by atoms with Crippen molar-refractivity contribution in [3.05, 3.63) is 52.8 Å². The molecule has 3 aromatic rings. The van der Waals surface area contributed by atoms with Crippen molar-refractivity contribution in [3.8, 4) is 0 Å². The van der Waals surface area contributed by atoms with Crippen LogP contribution in [0, 0.1) is 0 Å². The molecular formula is C18H20N4O3. The fraction of sp³-hybridized carbons (Fsp3) is 0.389. The minimum Gasteiger partial charge on any atom is -0.408 e. The Kier molecular flexibility index (Phi) is 3.71. The Balaban J connectivity index is 1.67. The first-order valence-electron chi connectivity index (χ1n) is 8.45. The van der Waals surface area contributed by atoms with E-state index in [1.807, 2.05) is 24.2 Å². The second kappa shape index (κ2) is 5.91. The summed E-state index contributed by atoms with van der Waals surface area (Å²) in [4.78, 5) is 27.3. The summed E-state index contributed by atoms with van der Waals surface area (Å²) in [5.74, 6) is -0.570. The molecule has 0 saturated carbocycles. The molecule has 2 atom stereocenters. The van der Waals surface area contributed by atoms with E-state index in [2.05, 4.69) is 5.10 Å². The highest BCUT2D eigenvalue weighted by atomic mass is 16.4. The molecule has 130 valence electrons. The van der Waals surface area contributed by atoms with Gasteiger partial charge in [-0.1, -0.05) is 12.1 Å². The van der Waals surface area contributed by atoms with Crippen LogP contribution in [0.15, 0.2) is 45.9 Å². The summed E-state index contributed by atoms with van der Waals surface area (Å²) < 4.78 is 8.46. The maximum atomic E-state index is 13.1. The molecule has 0 N–H and O–H groups in total. The van der Waals surface area contributed by atoms with E-state index < -0.39 is 11.8 Å². The van der Waals surface area contributed by atoms with Gasteiger partial charge in [0.2, 0.25) is 5.91 Å². The molecule has 25 heavy (non-hydrogen) atoms. The lowest BCUT2D eigenvalue weighted by Gasteiger charge is -2.27. The molecule has 2 aromatic heterocycles. The summed E-state index contributed by atoms with van der Waals surface area (Å²) in [5, 5.41) is 4.21. The summed E-state index contributed by atoms with van der Waals surface area (Å²) >= 11 is 0. The van der Waals surface area contributed by atoms with Crippen LogP contribution in [0.3, 0.4) is 0 Å². The lowest BCUT2D eigenvalue weighted by molar-refractivity contribution is -0.135. The summed E-state index contributed by atoms with van der Waals surface area (Å²) in [5.41, 5.74) is 2.17. The van der Waals surface area contributed by atoms with Gasteiger partial charge >= 0.3 is 5.76 Å². The van der Waals surface area contributed by atoms with Crippen LogP contribution in [0.25, 0.3) is 11.1 Å². The van der Waals surface area contributed by atoms with Gasteiger partial charge in [-0.2, -0.15) is 5.10 Å². The van der Waals surface area contributed by atoms with E-state index in [9.17, 15) is 9.59 Å². The third-order valence-corrected chi connectivity index (χ3v) is 4.91. The summed E-state index contributed by atoms with van der Waals surface area (Å²) in [6.07, 6.45) is 5.60. The number of benzene rings is 1. The summed E-state index contributed by atoms with van der Waals surface area (Å²) in [7, 11) is 1.87. The van der Waals surface area contributed by atoms with Gasteiger partial charge in [0.05, 0.1) is 17.8 Å². The lowest BCUT2D eigenvalue weighted by Crippen LogP contribution is -2.38. The first kappa shape index (κ1) is 15.7. The number of rotatable bonds is 3. The Morgan fingerprint density at radius 1 is 1.36 bits per heavy atom.